The maximum atomic E-state index is 11.8. The van der Waals surface area contributed by atoms with Gasteiger partial charge in [0, 0.05) is 19.3 Å². The van der Waals surface area contributed by atoms with Crippen molar-refractivity contribution in [2.24, 2.45) is 23.2 Å². The van der Waals surface area contributed by atoms with E-state index in [1.807, 2.05) is 12.1 Å². The number of phenolic OH excluding ortho intramolecular Hbond substituents is 1. The van der Waals surface area contributed by atoms with Crippen molar-refractivity contribution >= 4 is 11.9 Å². The molecule has 0 unspecified atom stereocenters. The summed E-state index contributed by atoms with van der Waals surface area (Å²) >= 11 is 0. The van der Waals surface area contributed by atoms with Crippen LogP contribution in [0.5, 0.6) is 5.75 Å². The van der Waals surface area contributed by atoms with Crippen LogP contribution >= 0.6 is 0 Å². The highest BCUT2D eigenvalue weighted by Crippen LogP contribution is 2.63. The zero-order valence-corrected chi connectivity index (χ0v) is 19.8. The van der Waals surface area contributed by atoms with E-state index in [1.54, 1.807) is 0 Å². The number of carbonyl (C=O) groups is 2. The van der Waals surface area contributed by atoms with Gasteiger partial charge in [0.05, 0.1) is 6.61 Å². The molecule has 5 heteroatoms. The first-order valence-electron chi connectivity index (χ1n) is 12.4. The number of rotatable bonds is 7. The molecule has 4 rings (SSSR count). The van der Waals surface area contributed by atoms with Gasteiger partial charge < -0.3 is 14.6 Å². The largest absolute Gasteiger partial charge is 0.508 e. The summed E-state index contributed by atoms with van der Waals surface area (Å²) in [6, 6.07) is 5.97. The topological polar surface area (TPSA) is 72.8 Å². The average molecular weight is 443 g/mol. The van der Waals surface area contributed by atoms with E-state index >= 15 is 0 Å². The molecule has 6 atom stereocenters. The Morgan fingerprint density at radius 1 is 1.09 bits per heavy atom. The van der Waals surface area contributed by atoms with E-state index in [4.69, 9.17) is 9.47 Å². The Bertz CT molecular complexity index is 848. The minimum atomic E-state index is -0.207. The number of hydrogen-bond acceptors (Lipinski definition) is 5. The van der Waals surface area contributed by atoms with Gasteiger partial charge in [0.25, 0.3) is 0 Å². The normalized spacial score (nSPS) is 33.0. The van der Waals surface area contributed by atoms with Crippen molar-refractivity contribution in [3.8, 4) is 5.75 Å². The number of benzene rings is 1. The molecule has 0 amide bonds. The number of ether oxygens (including phenoxy) is 2. The van der Waals surface area contributed by atoms with Crippen LogP contribution in [0.15, 0.2) is 18.2 Å². The zero-order chi connectivity index (χ0) is 22.9. The van der Waals surface area contributed by atoms with E-state index in [-0.39, 0.29) is 23.5 Å². The summed E-state index contributed by atoms with van der Waals surface area (Å²) in [5, 5.41) is 10.1. The van der Waals surface area contributed by atoms with Crippen molar-refractivity contribution in [3.05, 3.63) is 29.3 Å². The lowest BCUT2D eigenvalue weighted by molar-refractivity contribution is -0.155. The Kier molecular flexibility index (Phi) is 6.83. The first-order chi connectivity index (χ1) is 15.3. The van der Waals surface area contributed by atoms with E-state index in [9.17, 15) is 14.7 Å². The molecule has 0 bridgehead atoms. The molecular formula is C27H38O5. The number of aromatic hydroxyl groups is 1. The molecule has 1 aromatic rings. The first kappa shape index (κ1) is 23.1. The molecule has 0 aliphatic heterocycles. The van der Waals surface area contributed by atoms with Gasteiger partial charge in [-0.05, 0) is 91.9 Å². The average Bonchev–Trinajstić information content (AvgIpc) is 3.05. The second-order valence-electron chi connectivity index (χ2n) is 10.5. The lowest BCUT2D eigenvalue weighted by atomic mass is 9.52. The molecule has 1 aromatic carbocycles. The Balaban J connectivity index is 1.52. The van der Waals surface area contributed by atoms with E-state index in [0.29, 0.717) is 36.0 Å². The van der Waals surface area contributed by atoms with Gasteiger partial charge in [0.1, 0.15) is 11.9 Å². The number of fused-ring (bicyclic) bond motifs is 5. The molecule has 1 N–H and O–H groups in total. The summed E-state index contributed by atoms with van der Waals surface area (Å²) in [5.74, 6) is 2.26. The quantitative estimate of drug-likeness (QED) is 0.444. The highest BCUT2D eigenvalue weighted by Gasteiger charge is 2.57. The predicted molar refractivity (Wildman–Crippen MR) is 122 cm³/mol. The molecule has 0 spiro atoms. The van der Waals surface area contributed by atoms with Gasteiger partial charge in [-0.1, -0.05) is 25.8 Å². The Morgan fingerprint density at radius 2 is 1.91 bits per heavy atom. The van der Waals surface area contributed by atoms with Crippen LogP contribution in [0.2, 0.25) is 0 Å². The predicted octanol–water partition coefficient (Wildman–Crippen LogP) is 5.53. The molecule has 0 saturated heterocycles. The van der Waals surface area contributed by atoms with Gasteiger partial charge in [0.2, 0.25) is 0 Å². The van der Waals surface area contributed by atoms with E-state index in [0.717, 1.165) is 57.8 Å². The van der Waals surface area contributed by atoms with Crippen LogP contribution in [0, 0.1) is 23.2 Å². The van der Waals surface area contributed by atoms with Crippen LogP contribution in [0.25, 0.3) is 0 Å². The van der Waals surface area contributed by atoms with E-state index in [1.165, 1.54) is 25.0 Å². The highest BCUT2D eigenvalue weighted by molar-refractivity contribution is 5.66. The molecule has 0 radical (unpaired) electrons. The molecule has 3 aliphatic rings. The van der Waals surface area contributed by atoms with Gasteiger partial charge in [0.15, 0.2) is 0 Å². The molecule has 2 saturated carbocycles. The molecule has 0 heterocycles. The van der Waals surface area contributed by atoms with Crippen molar-refractivity contribution in [2.45, 2.75) is 90.6 Å². The van der Waals surface area contributed by atoms with E-state index < -0.39 is 0 Å². The Labute approximate surface area is 191 Å². The molecule has 176 valence electrons. The lowest BCUT2D eigenvalue weighted by Gasteiger charge is -2.53. The Hall–Kier alpha value is -2.04. The van der Waals surface area contributed by atoms with Crippen LogP contribution in [0.3, 0.4) is 0 Å². The second kappa shape index (κ2) is 9.44. The highest BCUT2D eigenvalue weighted by atomic mass is 16.5. The summed E-state index contributed by atoms with van der Waals surface area (Å²) < 4.78 is 10.9. The third kappa shape index (κ3) is 4.53. The van der Waals surface area contributed by atoms with Crippen molar-refractivity contribution in [2.75, 3.05) is 6.61 Å². The third-order valence-corrected chi connectivity index (χ3v) is 8.63. The number of esters is 2. The van der Waals surface area contributed by atoms with Crippen LogP contribution in [-0.2, 0) is 25.5 Å². The fraction of sp³-hybridized carbons (Fsp3) is 0.704. The van der Waals surface area contributed by atoms with Gasteiger partial charge in [-0.3, -0.25) is 9.59 Å². The molecule has 32 heavy (non-hydrogen) atoms. The minimum Gasteiger partial charge on any atom is -0.508 e. The summed E-state index contributed by atoms with van der Waals surface area (Å²) in [6.45, 7) is 5.86. The molecule has 0 aromatic heterocycles. The number of carbonyl (C=O) groups excluding carboxylic acids is 2. The molecule has 2 fully saturated rings. The van der Waals surface area contributed by atoms with Crippen LogP contribution < -0.4 is 0 Å². The van der Waals surface area contributed by atoms with Gasteiger partial charge >= 0.3 is 11.9 Å². The number of unbranched alkanes of at least 4 members (excludes halogenated alkanes) is 2. The van der Waals surface area contributed by atoms with Gasteiger partial charge in [-0.25, -0.2) is 0 Å². The minimum absolute atomic E-state index is 0.0385. The number of hydrogen-bond donors (Lipinski definition) is 1. The summed E-state index contributed by atoms with van der Waals surface area (Å²) in [5.41, 5.74) is 2.81. The molecule has 3 aliphatic carbocycles. The summed E-state index contributed by atoms with van der Waals surface area (Å²) in [4.78, 5) is 22.7. The van der Waals surface area contributed by atoms with Gasteiger partial charge in [-0.15, -0.1) is 0 Å². The van der Waals surface area contributed by atoms with Crippen LogP contribution in [0.1, 0.15) is 89.2 Å². The summed E-state index contributed by atoms with van der Waals surface area (Å²) in [6.07, 6.45) is 9.62. The maximum Gasteiger partial charge on any atom is 0.302 e. The van der Waals surface area contributed by atoms with Crippen molar-refractivity contribution in [1.82, 2.24) is 0 Å². The van der Waals surface area contributed by atoms with Crippen LogP contribution in [0.4, 0.5) is 0 Å². The Morgan fingerprint density at radius 3 is 2.66 bits per heavy atom. The lowest BCUT2D eigenvalue weighted by Crippen LogP contribution is -2.48. The smallest absolute Gasteiger partial charge is 0.302 e. The number of phenols is 1. The fourth-order valence-corrected chi connectivity index (χ4v) is 7.31. The first-order valence-corrected chi connectivity index (χ1v) is 12.4. The van der Waals surface area contributed by atoms with Crippen molar-refractivity contribution in [3.63, 3.8) is 0 Å². The molecular weight excluding hydrogens is 404 g/mol. The van der Waals surface area contributed by atoms with Gasteiger partial charge in [-0.2, -0.15) is 0 Å². The SMILES string of the molecule is CC(=O)OCCCCC[C@@H]1Cc2cc(O)ccc2[C@H]2CC[C@]3(C)[C@@H](OC(C)=O)CC[C@H]3[C@H]12. The zero-order valence-electron chi connectivity index (χ0n) is 19.8. The standard InChI is InChI=1S/C27H38O5/c1-17(28)31-14-6-4-5-7-19-15-20-16-21(30)8-9-22(20)23-12-13-27(3)24(26(19)23)10-11-25(27)32-18(2)29/h8-9,16,19,23-26,30H,4-7,10-15H2,1-3H3/t19-,23-,24+,25+,26-,27+/m1/s1. The summed E-state index contributed by atoms with van der Waals surface area (Å²) in [7, 11) is 0. The third-order valence-electron chi connectivity index (χ3n) is 8.63. The van der Waals surface area contributed by atoms with E-state index in [2.05, 4.69) is 13.0 Å². The van der Waals surface area contributed by atoms with Crippen LogP contribution in [-0.4, -0.2) is 29.8 Å². The maximum absolute atomic E-state index is 11.8. The second-order valence-corrected chi connectivity index (χ2v) is 10.5. The molecule has 5 nitrogen and oxygen atoms in total. The fourth-order valence-electron chi connectivity index (χ4n) is 7.31. The monoisotopic (exact) mass is 442 g/mol. The van der Waals surface area contributed by atoms with Crippen molar-refractivity contribution < 1.29 is 24.2 Å². The van der Waals surface area contributed by atoms with Crippen molar-refractivity contribution in [1.29, 1.82) is 0 Å².